The molecule has 2 rings (SSSR count). The summed E-state index contributed by atoms with van der Waals surface area (Å²) < 4.78 is 19.3. The molecule has 1 unspecified atom stereocenters. The van der Waals surface area contributed by atoms with Gasteiger partial charge in [-0.05, 0) is 30.8 Å². The van der Waals surface area contributed by atoms with Gasteiger partial charge >= 0.3 is 0 Å². The highest BCUT2D eigenvalue weighted by Crippen LogP contribution is 2.33. The SMILES string of the molecule is CNC(c1ccc(F)cc1Br)c1ccccc1OC. The summed E-state index contributed by atoms with van der Waals surface area (Å²) in [5, 5.41) is 3.24. The van der Waals surface area contributed by atoms with E-state index in [0.29, 0.717) is 0 Å². The Balaban J connectivity index is 2.50. The van der Waals surface area contributed by atoms with Gasteiger partial charge in [-0.25, -0.2) is 4.39 Å². The number of nitrogens with one attached hydrogen (secondary N) is 1. The summed E-state index contributed by atoms with van der Waals surface area (Å²) in [4.78, 5) is 0. The molecule has 0 amide bonds. The molecule has 0 bridgehead atoms. The number of hydrogen-bond acceptors (Lipinski definition) is 2. The van der Waals surface area contributed by atoms with E-state index in [9.17, 15) is 4.39 Å². The topological polar surface area (TPSA) is 21.3 Å². The zero-order valence-corrected chi connectivity index (χ0v) is 12.4. The third kappa shape index (κ3) is 2.96. The number of hydrogen-bond donors (Lipinski definition) is 1. The summed E-state index contributed by atoms with van der Waals surface area (Å²) in [5.41, 5.74) is 1.98. The third-order valence-corrected chi connectivity index (χ3v) is 3.70. The van der Waals surface area contributed by atoms with Gasteiger partial charge in [0.1, 0.15) is 11.6 Å². The standard InChI is InChI=1S/C15H15BrFNO/c1-18-15(11-8-7-10(17)9-13(11)16)12-5-3-4-6-14(12)19-2/h3-9,15,18H,1-2H3. The molecule has 0 aliphatic heterocycles. The van der Waals surface area contributed by atoms with Crippen LogP contribution in [0.25, 0.3) is 0 Å². The van der Waals surface area contributed by atoms with Crippen LogP contribution in [-0.2, 0) is 0 Å². The molecular weight excluding hydrogens is 309 g/mol. The van der Waals surface area contributed by atoms with Crippen LogP contribution in [0.15, 0.2) is 46.9 Å². The minimum atomic E-state index is -0.259. The summed E-state index contributed by atoms with van der Waals surface area (Å²) >= 11 is 3.41. The first-order valence-corrected chi connectivity index (χ1v) is 6.71. The molecule has 1 N–H and O–H groups in total. The maximum absolute atomic E-state index is 13.2. The Morgan fingerprint density at radius 3 is 2.53 bits per heavy atom. The van der Waals surface area contributed by atoms with E-state index in [-0.39, 0.29) is 11.9 Å². The summed E-state index contributed by atoms with van der Waals surface area (Å²) in [6.07, 6.45) is 0. The quantitative estimate of drug-likeness (QED) is 0.921. The highest BCUT2D eigenvalue weighted by Gasteiger charge is 2.18. The second-order valence-corrected chi connectivity index (χ2v) is 4.98. The second kappa shape index (κ2) is 6.17. The number of ether oxygens (including phenoxy) is 1. The van der Waals surface area contributed by atoms with Gasteiger partial charge in [-0.2, -0.15) is 0 Å². The lowest BCUT2D eigenvalue weighted by Crippen LogP contribution is -2.19. The van der Waals surface area contributed by atoms with Crippen LogP contribution >= 0.6 is 15.9 Å². The molecule has 0 aromatic heterocycles. The number of rotatable bonds is 4. The summed E-state index contributed by atoms with van der Waals surface area (Å²) in [6.45, 7) is 0. The van der Waals surface area contributed by atoms with Crippen LogP contribution in [0.1, 0.15) is 17.2 Å². The lowest BCUT2D eigenvalue weighted by molar-refractivity contribution is 0.405. The minimum Gasteiger partial charge on any atom is -0.496 e. The summed E-state index contributed by atoms with van der Waals surface area (Å²) in [6, 6.07) is 12.4. The lowest BCUT2D eigenvalue weighted by atomic mass is 9.98. The fourth-order valence-electron chi connectivity index (χ4n) is 2.12. The lowest BCUT2D eigenvalue weighted by Gasteiger charge is -2.21. The van der Waals surface area contributed by atoms with Crippen molar-refractivity contribution in [1.82, 2.24) is 5.32 Å². The zero-order valence-electron chi connectivity index (χ0n) is 10.8. The van der Waals surface area contributed by atoms with Gasteiger partial charge in [0.25, 0.3) is 0 Å². The summed E-state index contributed by atoms with van der Waals surface area (Å²) in [7, 11) is 3.51. The average Bonchev–Trinajstić information content (AvgIpc) is 2.42. The molecule has 0 heterocycles. The predicted octanol–water partition coefficient (Wildman–Crippen LogP) is 3.91. The van der Waals surface area contributed by atoms with Crippen molar-refractivity contribution in [2.75, 3.05) is 14.2 Å². The van der Waals surface area contributed by atoms with Crippen LogP contribution in [0.3, 0.4) is 0 Å². The monoisotopic (exact) mass is 323 g/mol. The smallest absolute Gasteiger partial charge is 0.124 e. The molecule has 2 nitrogen and oxygen atoms in total. The van der Waals surface area contributed by atoms with Gasteiger partial charge in [-0.3, -0.25) is 0 Å². The van der Waals surface area contributed by atoms with Crippen molar-refractivity contribution in [2.24, 2.45) is 0 Å². The van der Waals surface area contributed by atoms with E-state index in [0.717, 1.165) is 21.3 Å². The third-order valence-electron chi connectivity index (χ3n) is 3.01. The molecule has 0 aliphatic rings. The molecule has 100 valence electrons. The Hall–Kier alpha value is -1.39. The molecule has 0 saturated heterocycles. The van der Waals surface area contributed by atoms with E-state index in [4.69, 9.17) is 4.74 Å². The van der Waals surface area contributed by atoms with Crippen molar-refractivity contribution in [2.45, 2.75) is 6.04 Å². The fourth-order valence-corrected chi connectivity index (χ4v) is 2.70. The van der Waals surface area contributed by atoms with E-state index in [1.54, 1.807) is 13.2 Å². The highest BCUT2D eigenvalue weighted by molar-refractivity contribution is 9.10. The van der Waals surface area contributed by atoms with E-state index in [2.05, 4.69) is 21.2 Å². The van der Waals surface area contributed by atoms with Gasteiger partial charge in [0.2, 0.25) is 0 Å². The molecule has 0 aliphatic carbocycles. The van der Waals surface area contributed by atoms with Gasteiger partial charge in [-0.15, -0.1) is 0 Å². The molecule has 0 spiro atoms. The Morgan fingerprint density at radius 1 is 1.16 bits per heavy atom. The number of halogens is 2. The first-order valence-electron chi connectivity index (χ1n) is 5.92. The van der Waals surface area contributed by atoms with Crippen LogP contribution in [0, 0.1) is 5.82 Å². The van der Waals surface area contributed by atoms with Gasteiger partial charge in [-0.1, -0.05) is 40.2 Å². The largest absolute Gasteiger partial charge is 0.496 e. The maximum atomic E-state index is 13.2. The molecule has 4 heteroatoms. The summed E-state index contributed by atoms with van der Waals surface area (Å²) in [5.74, 6) is 0.545. The van der Waals surface area contributed by atoms with Gasteiger partial charge in [0.05, 0.1) is 13.2 Å². The molecule has 2 aromatic rings. The van der Waals surface area contributed by atoms with Gasteiger partial charge in [0, 0.05) is 10.0 Å². The van der Waals surface area contributed by atoms with E-state index in [1.165, 1.54) is 12.1 Å². The molecule has 0 radical (unpaired) electrons. The Morgan fingerprint density at radius 2 is 1.89 bits per heavy atom. The zero-order chi connectivity index (χ0) is 13.8. The minimum absolute atomic E-state index is 0.0638. The number of benzene rings is 2. The fraction of sp³-hybridized carbons (Fsp3) is 0.200. The van der Waals surface area contributed by atoms with Crippen molar-refractivity contribution in [3.05, 3.63) is 63.9 Å². The van der Waals surface area contributed by atoms with Crippen LogP contribution in [-0.4, -0.2) is 14.2 Å². The number of methoxy groups -OCH3 is 1. The van der Waals surface area contributed by atoms with Crippen LogP contribution < -0.4 is 10.1 Å². The van der Waals surface area contributed by atoms with Crippen molar-refractivity contribution in [1.29, 1.82) is 0 Å². The Labute approximate surface area is 120 Å². The first kappa shape index (κ1) is 14.0. The Kier molecular flexibility index (Phi) is 4.56. The van der Waals surface area contributed by atoms with Crippen molar-refractivity contribution < 1.29 is 9.13 Å². The van der Waals surface area contributed by atoms with E-state index < -0.39 is 0 Å². The van der Waals surface area contributed by atoms with Crippen molar-refractivity contribution in [3.8, 4) is 5.75 Å². The molecule has 0 saturated carbocycles. The Bertz CT molecular complexity index is 574. The van der Waals surface area contributed by atoms with Gasteiger partial charge in [0.15, 0.2) is 0 Å². The molecule has 1 atom stereocenters. The average molecular weight is 324 g/mol. The van der Waals surface area contributed by atoms with Crippen LogP contribution in [0.4, 0.5) is 4.39 Å². The second-order valence-electron chi connectivity index (χ2n) is 4.13. The molecule has 19 heavy (non-hydrogen) atoms. The molecular formula is C15H15BrFNO. The van der Waals surface area contributed by atoms with E-state index in [1.807, 2.05) is 31.3 Å². The van der Waals surface area contributed by atoms with Crippen LogP contribution in [0.2, 0.25) is 0 Å². The highest BCUT2D eigenvalue weighted by atomic mass is 79.9. The first-order chi connectivity index (χ1) is 9.17. The van der Waals surface area contributed by atoms with Crippen molar-refractivity contribution in [3.63, 3.8) is 0 Å². The molecule has 2 aromatic carbocycles. The van der Waals surface area contributed by atoms with Gasteiger partial charge < -0.3 is 10.1 Å². The number of para-hydroxylation sites is 1. The maximum Gasteiger partial charge on any atom is 0.124 e. The van der Waals surface area contributed by atoms with E-state index >= 15 is 0 Å². The van der Waals surface area contributed by atoms with Crippen molar-refractivity contribution >= 4 is 15.9 Å². The predicted molar refractivity (Wildman–Crippen MR) is 78.0 cm³/mol. The van der Waals surface area contributed by atoms with Crippen LogP contribution in [0.5, 0.6) is 5.75 Å². The molecule has 0 fully saturated rings. The normalized spacial score (nSPS) is 12.2.